The number of benzene rings is 2. The van der Waals surface area contributed by atoms with Crippen LogP contribution in [0.5, 0.6) is 5.75 Å². The highest BCUT2D eigenvalue weighted by molar-refractivity contribution is 6.30. The molecule has 2 aromatic carbocycles. The lowest BCUT2D eigenvalue weighted by Gasteiger charge is -2.52. The van der Waals surface area contributed by atoms with Crippen molar-refractivity contribution in [1.29, 1.82) is 0 Å². The zero-order valence-corrected chi connectivity index (χ0v) is 24.0. The van der Waals surface area contributed by atoms with Gasteiger partial charge in [-0.25, -0.2) is 0 Å². The molecule has 0 bridgehead atoms. The molecule has 1 N–H and O–H groups in total. The van der Waals surface area contributed by atoms with Gasteiger partial charge in [0.15, 0.2) is 0 Å². The van der Waals surface area contributed by atoms with Crippen LogP contribution in [0.2, 0.25) is 5.02 Å². The highest BCUT2D eigenvalue weighted by atomic mass is 35.5. The van der Waals surface area contributed by atoms with Crippen molar-refractivity contribution in [3.05, 3.63) is 99.8 Å². The van der Waals surface area contributed by atoms with E-state index in [-0.39, 0.29) is 10.8 Å². The molecule has 0 radical (unpaired) electrons. The van der Waals surface area contributed by atoms with Crippen molar-refractivity contribution < 1.29 is 9.84 Å². The fraction of sp³-hybridized carbons (Fsp3) is 0.424. The molecule has 200 valence electrons. The van der Waals surface area contributed by atoms with Crippen LogP contribution in [-0.2, 0) is 17.6 Å². The summed E-state index contributed by atoms with van der Waals surface area (Å²) in [5, 5.41) is 11.5. The summed E-state index contributed by atoms with van der Waals surface area (Å²) in [5.41, 5.74) is 5.73. The largest absolute Gasteiger partial charge is 0.487 e. The Labute approximate surface area is 232 Å². The van der Waals surface area contributed by atoms with Crippen LogP contribution < -0.4 is 4.74 Å². The molecule has 3 heterocycles. The maximum Gasteiger partial charge on any atom is 0.131 e. The molecular formula is C33H39ClN2O2. The monoisotopic (exact) mass is 530 g/mol. The molecule has 0 unspecified atom stereocenters. The summed E-state index contributed by atoms with van der Waals surface area (Å²) in [6.07, 6.45) is 6.19. The number of fused-ring (bicyclic) bond motifs is 2. The maximum atomic E-state index is 10.7. The summed E-state index contributed by atoms with van der Waals surface area (Å²) in [5.74, 6) is 0.833. The van der Waals surface area contributed by atoms with E-state index in [9.17, 15) is 5.11 Å². The molecule has 1 aromatic heterocycles. The molecule has 0 amide bonds. The van der Waals surface area contributed by atoms with Crippen LogP contribution in [0.15, 0.2) is 66.9 Å². The molecule has 1 atom stereocenters. The van der Waals surface area contributed by atoms with Gasteiger partial charge in [0, 0.05) is 40.9 Å². The van der Waals surface area contributed by atoms with Crippen LogP contribution in [-0.4, -0.2) is 34.6 Å². The Morgan fingerprint density at radius 2 is 1.84 bits per heavy atom. The number of hydrogen-bond donors (Lipinski definition) is 1. The molecule has 0 saturated carbocycles. The zero-order chi connectivity index (χ0) is 27.1. The van der Waals surface area contributed by atoms with Gasteiger partial charge in [-0.05, 0) is 85.7 Å². The lowest BCUT2D eigenvalue weighted by molar-refractivity contribution is 0.0373. The van der Waals surface area contributed by atoms with E-state index in [1.807, 2.05) is 50.4 Å². The maximum absolute atomic E-state index is 10.7. The van der Waals surface area contributed by atoms with Crippen LogP contribution in [0.25, 0.3) is 5.57 Å². The molecule has 0 spiro atoms. The van der Waals surface area contributed by atoms with E-state index in [0.717, 1.165) is 71.2 Å². The first-order valence-corrected chi connectivity index (χ1v) is 14.0. The lowest BCUT2D eigenvalue weighted by atomic mass is 9.59. The van der Waals surface area contributed by atoms with Gasteiger partial charge < -0.3 is 14.7 Å². The quantitative estimate of drug-likeness (QED) is 0.374. The number of pyridine rings is 1. The van der Waals surface area contributed by atoms with Crippen LogP contribution in [0.1, 0.15) is 75.4 Å². The van der Waals surface area contributed by atoms with E-state index in [1.54, 1.807) is 0 Å². The van der Waals surface area contributed by atoms with Crippen LogP contribution in [0.3, 0.4) is 0 Å². The number of nitrogens with zero attached hydrogens (tertiary/aromatic N) is 2. The number of rotatable bonds is 5. The van der Waals surface area contributed by atoms with Gasteiger partial charge >= 0.3 is 0 Å². The van der Waals surface area contributed by atoms with Crippen molar-refractivity contribution in [2.24, 2.45) is 5.41 Å². The minimum Gasteiger partial charge on any atom is -0.487 e. The van der Waals surface area contributed by atoms with Gasteiger partial charge in [0.25, 0.3) is 0 Å². The highest BCUT2D eigenvalue weighted by Gasteiger charge is 2.46. The van der Waals surface area contributed by atoms with E-state index in [4.69, 9.17) is 16.3 Å². The SMILES string of the molecule is CC(C)(O)c1ccc2c(c1)/C(=C/CCN1CC[C@](C)(c3ccc(Cl)cc3)C(C)(C)C1)c1cccnc1CO2. The van der Waals surface area contributed by atoms with Crippen molar-refractivity contribution in [1.82, 2.24) is 9.88 Å². The minimum absolute atomic E-state index is 0.0994. The van der Waals surface area contributed by atoms with Crippen molar-refractivity contribution in [2.75, 3.05) is 19.6 Å². The Kier molecular flexibility index (Phi) is 7.19. The van der Waals surface area contributed by atoms with E-state index in [0.29, 0.717) is 6.61 Å². The van der Waals surface area contributed by atoms with E-state index in [1.165, 1.54) is 5.56 Å². The van der Waals surface area contributed by atoms with Crippen LogP contribution >= 0.6 is 11.6 Å². The number of halogens is 1. The van der Waals surface area contributed by atoms with Crippen molar-refractivity contribution in [3.8, 4) is 5.75 Å². The standard InChI is InChI=1S/C33H39ClN2O2/c1-31(2)22-36(19-16-33(31,5)23-10-13-25(34)14-11-23)18-7-9-26-27-8-6-17-35-29(27)21-38-30-15-12-24(20-28(26)30)32(3,4)37/h6,8-15,17,20,37H,7,16,18-19,21-22H2,1-5H3/b26-9+/t33-/m1/s1. The summed E-state index contributed by atoms with van der Waals surface area (Å²) in [6.45, 7) is 14.4. The third kappa shape index (κ3) is 5.14. The molecule has 5 heteroatoms. The number of hydrogen-bond acceptors (Lipinski definition) is 4. The van der Waals surface area contributed by atoms with Crippen molar-refractivity contribution >= 4 is 17.2 Å². The van der Waals surface area contributed by atoms with Gasteiger partial charge in [-0.2, -0.15) is 0 Å². The second-order valence-electron chi connectivity index (χ2n) is 12.2. The number of aliphatic hydroxyl groups is 1. The predicted octanol–water partition coefficient (Wildman–Crippen LogP) is 7.37. The van der Waals surface area contributed by atoms with Crippen LogP contribution in [0, 0.1) is 5.41 Å². The summed E-state index contributed by atoms with van der Waals surface area (Å²) in [7, 11) is 0. The zero-order valence-electron chi connectivity index (χ0n) is 23.2. The molecule has 2 aliphatic heterocycles. The first kappa shape index (κ1) is 26.9. The molecule has 1 saturated heterocycles. The summed E-state index contributed by atoms with van der Waals surface area (Å²) >= 11 is 6.18. The van der Waals surface area contributed by atoms with Gasteiger partial charge in [0.2, 0.25) is 0 Å². The Hall–Kier alpha value is -2.66. The Bertz CT molecular complexity index is 1340. The number of piperidine rings is 1. The molecule has 5 rings (SSSR count). The third-order valence-corrected chi connectivity index (χ3v) is 9.09. The molecular weight excluding hydrogens is 492 g/mol. The van der Waals surface area contributed by atoms with Gasteiger partial charge in [0.1, 0.15) is 12.4 Å². The first-order chi connectivity index (χ1) is 18.0. The lowest BCUT2D eigenvalue weighted by Crippen LogP contribution is -2.53. The fourth-order valence-corrected chi connectivity index (χ4v) is 6.15. The molecule has 1 fully saturated rings. The summed E-state index contributed by atoms with van der Waals surface area (Å²) < 4.78 is 6.17. The predicted molar refractivity (Wildman–Crippen MR) is 156 cm³/mol. The Morgan fingerprint density at radius 1 is 1.08 bits per heavy atom. The van der Waals surface area contributed by atoms with Gasteiger partial charge in [-0.1, -0.05) is 62.7 Å². The molecule has 4 nitrogen and oxygen atoms in total. The van der Waals surface area contributed by atoms with E-state index >= 15 is 0 Å². The van der Waals surface area contributed by atoms with E-state index in [2.05, 4.69) is 61.0 Å². The Morgan fingerprint density at radius 3 is 2.55 bits per heavy atom. The minimum atomic E-state index is -0.930. The molecule has 38 heavy (non-hydrogen) atoms. The molecule has 3 aromatic rings. The topological polar surface area (TPSA) is 45.6 Å². The average molecular weight is 531 g/mol. The van der Waals surface area contributed by atoms with Gasteiger partial charge in [0.05, 0.1) is 11.3 Å². The molecule has 2 aliphatic rings. The second kappa shape index (κ2) is 10.1. The Balaban J connectivity index is 1.39. The molecule has 0 aliphatic carbocycles. The number of likely N-dealkylation sites (tertiary alicyclic amines) is 1. The second-order valence-corrected chi connectivity index (χ2v) is 12.6. The summed E-state index contributed by atoms with van der Waals surface area (Å²) in [4.78, 5) is 7.21. The smallest absolute Gasteiger partial charge is 0.131 e. The van der Waals surface area contributed by atoms with E-state index < -0.39 is 5.60 Å². The van der Waals surface area contributed by atoms with Crippen LogP contribution in [0.4, 0.5) is 0 Å². The summed E-state index contributed by atoms with van der Waals surface area (Å²) in [6, 6.07) is 18.5. The van der Waals surface area contributed by atoms with Gasteiger partial charge in [-0.15, -0.1) is 0 Å². The fourth-order valence-electron chi connectivity index (χ4n) is 6.02. The van der Waals surface area contributed by atoms with Gasteiger partial charge in [-0.3, -0.25) is 4.98 Å². The number of ether oxygens (including phenoxy) is 1. The van der Waals surface area contributed by atoms with Crippen molar-refractivity contribution in [3.63, 3.8) is 0 Å². The highest BCUT2D eigenvalue weighted by Crippen LogP contribution is 2.48. The third-order valence-electron chi connectivity index (χ3n) is 8.84. The number of aromatic nitrogens is 1. The van der Waals surface area contributed by atoms with Crippen molar-refractivity contribution in [2.45, 2.75) is 65.1 Å². The first-order valence-electron chi connectivity index (χ1n) is 13.6. The average Bonchev–Trinajstić information content (AvgIpc) is 3.02. The normalized spacial score (nSPS) is 22.3.